The quantitative estimate of drug-likeness (QED) is 0.619. The van der Waals surface area contributed by atoms with Gasteiger partial charge in [-0.2, -0.15) is 0 Å². The molecule has 0 aromatic heterocycles. The maximum atomic E-state index is 5.62. The fraction of sp³-hybridized carbons (Fsp3) is 0.750. The summed E-state index contributed by atoms with van der Waals surface area (Å²) in [4.78, 5) is 0. The van der Waals surface area contributed by atoms with E-state index in [1.54, 1.807) is 0 Å². The molecule has 0 aliphatic heterocycles. The molecule has 0 fully saturated rings. The molecule has 0 heterocycles. The molecule has 2 heteroatoms. The van der Waals surface area contributed by atoms with Gasteiger partial charge in [-0.1, -0.05) is 13.0 Å². The summed E-state index contributed by atoms with van der Waals surface area (Å²) in [5.74, 6) is 0. The number of allylic oxidation sites excluding steroid dienone is 1. The Morgan fingerprint density at radius 3 is 2.60 bits per heavy atom. The normalized spacial score (nSPS) is 15.0. The second-order valence-electron chi connectivity index (χ2n) is 2.57. The summed E-state index contributed by atoms with van der Waals surface area (Å²) in [7, 11) is 1.93. The zero-order valence-corrected chi connectivity index (χ0v) is 7.15. The Hall–Kier alpha value is -0.500. The highest BCUT2D eigenvalue weighted by molar-refractivity contribution is 4.99. The maximum Gasteiger partial charge on any atom is 0.00788 e. The van der Waals surface area contributed by atoms with Crippen molar-refractivity contribution in [2.24, 2.45) is 5.73 Å². The van der Waals surface area contributed by atoms with E-state index < -0.39 is 0 Å². The van der Waals surface area contributed by atoms with Gasteiger partial charge < -0.3 is 11.1 Å². The Labute approximate surface area is 63.5 Å². The molecule has 10 heavy (non-hydrogen) atoms. The fourth-order valence-electron chi connectivity index (χ4n) is 0.881. The van der Waals surface area contributed by atoms with Gasteiger partial charge in [-0.15, -0.1) is 0 Å². The predicted octanol–water partition coefficient (Wildman–Crippen LogP) is 1.24. The van der Waals surface area contributed by atoms with E-state index in [0.29, 0.717) is 0 Å². The molecular formula is C8H18N2. The summed E-state index contributed by atoms with van der Waals surface area (Å²) >= 11 is 0. The van der Waals surface area contributed by atoms with Gasteiger partial charge in [-0.25, -0.2) is 0 Å². The Morgan fingerprint density at radius 2 is 2.30 bits per heavy atom. The van der Waals surface area contributed by atoms with Gasteiger partial charge in [-0.3, -0.25) is 0 Å². The van der Waals surface area contributed by atoms with E-state index >= 15 is 0 Å². The number of hydrogen-bond acceptors (Lipinski definition) is 2. The molecule has 0 aliphatic rings. The third kappa shape index (κ3) is 4.39. The topological polar surface area (TPSA) is 38.0 Å². The lowest BCUT2D eigenvalue weighted by atomic mass is 10.2. The first-order valence-corrected chi connectivity index (χ1v) is 3.83. The minimum atomic E-state index is 0.255. The molecule has 0 spiro atoms. The third-order valence-corrected chi connectivity index (χ3v) is 1.31. The molecule has 1 atom stereocenters. The van der Waals surface area contributed by atoms with Crippen LogP contribution < -0.4 is 11.1 Å². The second-order valence-corrected chi connectivity index (χ2v) is 2.57. The van der Waals surface area contributed by atoms with Crippen molar-refractivity contribution in [1.82, 2.24) is 5.32 Å². The van der Waals surface area contributed by atoms with Gasteiger partial charge in [-0.05, 0) is 13.3 Å². The third-order valence-electron chi connectivity index (χ3n) is 1.31. The van der Waals surface area contributed by atoms with E-state index in [1.165, 1.54) is 5.70 Å². The van der Waals surface area contributed by atoms with Crippen molar-refractivity contribution in [3.63, 3.8) is 0 Å². The zero-order chi connectivity index (χ0) is 7.98. The molecule has 2 nitrogen and oxygen atoms in total. The average Bonchev–Trinajstić information content (AvgIpc) is 1.86. The molecular weight excluding hydrogens is 124 g/mol. The summed E-state index contributed by atoms with van der Waals surface area (Å²) in [6, 6.07) is 0.255. The van der Waals surface area contributed by atoms with Crippen molar-refractivity contribution in [1.29, 1.82) is 0 Å². The standard InChI is InChI=1S/C8H18N2/c1-4-5-8(10-3)6-7(2)9/h5,7,10H,4,6,9H2,1-3H3/b8-5+. The Morgan fingerprint density at radius 1 is 1.70 bits per heavy atom. The van der Waals surface area contributed by atoms with Gasteiger partial charge >= 0.3 is 0 Å². The smallest absolute Gasteiger partial charge is 0.00788 e. The first-order chi connectivity index (χ1) is 4.70. The SMILES string of the molecule is CC/C=C(\CC(C)N)NC. The first kappa shape index (κ1) is 9.50. The number of hydrogen-bond donors (Lipinski definition) is 2. The second kappa shape index (κ2) is 5.30. The van der Waals surface area contributed by atoms with Gasteiger partial charge in [0.1, 0.15) is 0 Å². The van der Waals surface area contributed by atoms with Gasteiger partial charge in [0, 0.05) is 25.2 Å². The van der Waals surface area contributed by atoms with Gasteiger partial charge in [0.05, 0.1) is 0 Å². The van der Waals surface area contributed by atoms with Crippen LogP contribution in [0.15, 0.2) is 11.8 Å². The van der Waals surface area contributed by atoms with Crippen molar-refractivity contribution in [3.05, 3.63) is 11.8 Å². The van der Waals surface area contributed by atoms with Crippen molar-refractivity contribution < 1.29 is 0 Å². The number of nitrogens with one attached hydrogen (secondary N) is 1. The highest BCUT2D eigenvalue weighted by Gasteiger charge is 1.96. The summed E-state index contributed by atoms with van der Waals surface area (Å²) < 4.78 is 0. The van der Waals surface area contributed by atoms with Crippen molar-refractivity contribution in [3.8, 4) is 0 Å². The number of nitrogens with two attached hydrogens (primary N) is 1. The molecule has 0 saturated heterocycles. The van der Waals surface area contributed by atoms with E-state index in [4.69, 9.17) is 5.73 Å². The predicted molar refractivity (Wildman–Crippen MR) is 45.7 cm³/mol. The lowest BCUT2D eigenvalue weighted by molar-refractivity contribution is 0.693. The summed E-state index contributed by atoms with van der Waals surface area (Å²) in [6.07, 6.45) is 4.19. The van der Waals surface area contributed by atoms with Crippen molar-refractivity contribution >= 4 is 0 Å². The average molecular weight is 142 g/mol. The Bertz CT molecular complexity index is 106. The molecule has 0 amide bonds. The van der Waals surface area contributed by atoms with E-state index in [9.17, 15) is 0 Å². The molecule has 0 bridgehead atoms. The van der Waals surface area contributed by atoms with E-state index in [1.807, 2.05) is 14.0 Å². The Balaban J connectivity index is 3.71. The summed E-state index contributed by atoms with van der Waals surface area (Å²) in [5, 5.41) is 3.12. The summed E-state index contributed by atoms with van der Waals surface area (Å²) in [5.41, 5.74) is 6.87. The van der Waals surface area contributed by atoms with E-state index in [0.717, 1.165) is 12.8 Å². The van der Waals surface area contributed by atoms with E-state index in [2.05, 4.69) is 18.3 Å². The first-order valence-electron chi connectivity index (χ1n) is 3.83. The largest absolute Gasteiger partial charge is 0.392 e. The zero-order valence-electron chi connectivity index (χ0n) is 7.15. The maximum absolute atomic E-state index is 5.62. The van der Waals surface area contributed by atoms with Crippen LogP contribution in [0.4, 0.5) is 0 Å². The Kier molecular flexibility index (Phi) is 5.03. The van der Waals surface area contributed by atoms with Gasteiger partial charge in [0.25, 0.3) is 0 Å². The number of rotatable bonds is 4. The van der Waals surface area contributed by atoms with Crippen LogP contribution in [0.5, 0.6) is 0 Å². The molecule has 60 valence electrons. The molecule has 3 N–H and O–H groups in total. The molecule has 0 aromatic carbocycles. The highest BCUT2D eigenvalue weighted by Crippen LogP contribution is 1.99. The van der Waals surface area contributed by atoms with Crippen LogP contribution in [-0.2, 0) is 0 Å². The van der Waals surface area contributed by atoms with Crippen LogP contribution in [0.2, 0.25) is 0 Å². The molecule has 0 radical (unpaired) electrons. The van der Waals surface area contributed by atoms with Crippen LogP contribution in [-0.4, -0.2) is 13.1 Å². The van der Waals surface area contributed by atoms with Crippen LogP contribution >= 0.6 is 0 Å². The van der Waals surface area contributed by atoms with Crippen LogP contribution in [0.3, 0.4) is 0 Å². The van der Waals surface area contributed by atoms with E-state index in [-0.39, 0.29) is 6.04 Å². The van der Waals surface area contributed by atoms with Crippen LogP contribution in [0.1, 0.15) is 26.7 Å². The van der Waals surface area contributed by atoms with Crippen LogP contribution in [0.25, 0.3) is 0 Å². The lowest BCUT2D eigenvalue weighted by Gasteiger charge is -2.08. The molecule has 0 aliphatic carbocycles. The minimum Gasteiger partial charge on any atom is -0.392 e. The van der Waals surface area contributed by atoms with Crippen molar-refractivity contribution in [2.45, 2.75) is 32.7 Å². The van der Waals surface area contributed by atoms with Crippen LogP contribution in [0, 0.1) is 0 Å². The summed E-state index contributed by atoms with van der Waals surface area (Å²) in [6.45, 7) is 4.14. The minimum absolute atomic E-state index is 0.255. The lowest BCUT2D eigenvalue weighted by Crippen LogP contribution is -2.20. The van der Waals surface area contributed by atoms with Crippen molar-refractivity contribution in [2.75, 3.05) is 7.05 Å². The molecule has 0 aromatic rings. The molecule has 0 rings (SSSR count). The monoisotopic (exact) mass is 142 g/mol. The fourth-order valence-corrected chi connectivity index (χ4v) is 0.881. The highest BCUT2D eigenvalue weighted by atomic mass is 14.8. The molecule has 1 unspecified atom stereocenters. The van der Waals surface area contributed by atoms with Gasteiger partial charge in [0.2, 0.25) is 0 Å². The van der Waals surface area contributed by atoms with Gasteiger partial charge in [0.15, 0.2) is 0 Å². The molecule has 0 saturated carbocycles.